The molecule has 0 aromatic carbocycles. The van der Waals surface area contributed by atoms with Gasteiger partial charge < -0.3 is 5.32 Å². The molecule has 2 unspecified atom stereocenters. The maximum atomic E-state index is 11.8. The van der Waals surface area contributed by atoms with Crippen LogP contribution < -0.4 is 5.32 Å². The molecule has 1 aromatic heterocycles. The minimum absolute atomic E-state index is 0.283. The zero-order chi connectivity index (χ0) is 12.2. The van der Waals surface area contributed by atoms with Gasteiger partial charge in [-0.05, 0) is 20.3 Å². The van der Waals surface area contributed by atoms with E-state index in [2.05, 4.69) is 20.5 Å². The number of carbonyl (C=O) groups excluding carboxylic acids is 1. The van der Waals surface area contributed by atoms with Crippen LogP contribution in [-0.2, 0) is 4.79 Å². The zero-order valence-electron chi connectivity index (χ0n) is 9.61. The molecular weight excluding hydrogens is 206 g/mol. The van der Waals surface area contributed by atoms with E-state index in [0.717, 1.165) is 0 Å². The van der Waals surface area contributed by atoms with Crippen molar-refractivity contribution in [3.05, 3.63) is 12.2 Å². The number of nitrogens with one attached hydrogen (secondary N) is 2. The summed E-state index contributed by atoms with van der Waals surface area (Å²) in [6.45, 7) is 5.21. The summed E-state index contributed by atoms with van der Waals surface area (Å²) in [6, 6.07) is 1.74. The normalized spacial score (nSPS) is 15.9. The van der Waals surface area contributed by atoms with Crippen LogP contribution in [0.25, 0.3) is 0 Å². The molecule has 0 spiro atoms. The lowest BCUT2D eigenvalue weighted by Crippen LogP contribution is -2.39. The van der Waals surface area contributed by atoms with Crippen molar-refractivity contribution in [3.8, 4) is 6.07 Å². The summed E-state index contributed by atoms with van der Waals surface area (Å²) < 4.78 is 0. The standard InChI is InChI=1S/C10H15N5O/c1-4-10(3,5-11)9(16)14-7(2)8-12-6-13-15-8/h6-7H,4H2,1-3H3,(H,14,16)(H,12,13,15). The van der Waals surface area contributed by atoms with E-state index in [1.54, 1.807) is 13.8 Å². The van der Waals surface area contributed by atoms with Crippen molar-refractivity contribution in [1.29, 1.82) is 5.26 Å². The number of amides is 1. The molecule has 16 heavy (non-hydrogen) atoms. The van der Waals surface area contributed by atoms with E-state index in [9.17, 15) is 4.79 Å². The fourth-order valence-corrected chi connectivity index (χ4v) is 1.14. The van der Waals surface area contributed by atoms with Crippen LogP contribution in [0.1, 0.15) is 39.1 Å². The Morgan fingerprint density at radius 3 is 2.94 bits per heavy atom. The van der Waals surface area contributed by atoms with Gasteiger partial charge in [0, 0.05) is 0 Å². The Bertz CT molecular complexity index is 394. The van der Waals surface area contributed by atoms with Crippen LogP contribution in [0.3, 0.4) is 0 Å². The molecule has 1 aromatic rings. The van der Waals surface area contributed by atoms with E-state index in [4.69, 9.17) is 5.26 Å². The third-order valence-electron chi connectivity index (χ3n) is 2.65. The molecular formula is C10H15N5O. The third kappa shape index (κ3) is 2.37. The number of carbonyl (C=O) groups is 1. The number of aromatic amines is 1. The van der Waals surface area contributed by atoms with Crippen molar-refractivity contribution in [1.82, 2.24) is 20.5 Å². The molecule has 0 saturated carbocycles. The summed E-state index contributed by atoms with van der Waals surface area (Å²) in [5.74, 6) is 0.283. The molecule has 6 heteroatoms. The zero-order valence-corrected chi connectivity index (χ0v) is 9.61. The summed E-state index contributed by atoms with van der Waals surface area (Å²) in [4.78, 5) is 15.8. The first-order chi connectivity index (χ1) is 7.53. The molecule has 2 N–H and O–H groups in total. The van der Waals surface area contributed by atoms with Gasteiger partial charge in [0.15, 0.2) is 0 Å². The highest BCUT2D eigenvalue weighted by atomic mass is 16.2. The second-order valence-electron chi connectivity index (χ2n) is 3.86. The van der Waals surface area contributed by atoms with Crippen LogP contribution >= 0.6 is 0 Å². The molecule has 1 heterocycles. The molecule has 0 aliphatic heterocycles. The van der Waals surface area contributed by atoms with E-state index in [0.29, 0.717) is 12.2 Å². The van der Waals surface area contributed by atoms with E-state index in [1.807, 2.05) is 13.0 Å². The van der Waals surface area contributed by atoms with Gasteiger partial charge in [-0.3, -0.25) is 9.89 Å². The molecule has 1 amide bonds. The lowest BCUT2D eigenvalue weighted by Gasteiger charge is -2.21. The predicted octanol–water partition coefficient (Wildman–Crippen LogP) is 0.922. The van der Waals surface area contributed by atoms with Crippen molar-refractivity contribution in [2.75, 3.05) is 0 Å². The first kappa shape index (κ1) is 12.2. The van der Waals surface area contributed by atoms with Gasteiger partial charge >= 0.3 is 0 Å². The van der Waals surface area contributed by atoms with Crippen LogP contribution in [0, 0.1) is 16.7 Å². The van der Waals surface area contributed by atoms with Crippen molar-refractivity contribution >= 4 is 5.91 Å². The fourth-order valence-electron chi connectivity index (χ4n) is 1.14. The van der Waals surface area contributed by atoms with Crippen molar-refractivity contribution in [2.45, 2.75) is 33.2 Å². The largest absolute Gasteiger partial charge is 0.345 e. The Balaban J connectivity index is 2.69. The lowest BCUT2D eigenvalue weighted by molar-refractivity contribution is -0.128. The molecule has 0 saturated heterocycles. The molecule has 86 valence electrons. The molecule has 2 atom stereocenters. The molecule has 0 bridgehead atoms. The first-order valence-corrected chi connectivity index (χ1v) is 5.11. The smallest absolute Gasteiger partial charge is 0.240 e. The van der Waals surface area contributed by atoms with Crippen molar-refractivity contribution < 1.29 is 4.79 Å². The van der Waals surface area contributed by atoms with Crippen LogP contribution in [-0.4, -0.2) is 21.1 Å². The fraction of sp³-hybridized carbons (Fsp3) is 0.600. The highest BCUT2D eigenvalue weighted by Crippen LogP contribution is 2.21. The van der Waals surface area contributed by atoms with Gasteiger partial charge in [-0.1, -0.05) is 6.92 Å². The van der Waals surface area contributed by atoms with Gasteiger partial charge in [0.05, 0.1) is 12.1 Å². The van der Waals surface area contributed by atoms with Crippen molar-refractivity contribution in [2.24, 2.45) is 5.41 Å². The number of hydrogen-bond donors (Lipinski definition) is 2. The third-order valence-corrected chi connectivity index (χ3v) is 2.65. The highest BCUT2D eigenvalue weighted by molar-refractivity contribution is 5.85. The maximum absolute atomic E-state index is 11.8. The van der Waals surface area contributed by atoms with Gasteiger partial charge in [-0.15, -0.1) is 0 Å². The summed E-state index contributed by atoms with van der Waals surface area (Å²) in [7, 11) is 0. The number of nitrogens with zero attached hydrogens (tertiary/aromatic N) is 3. The quantitative estimate of drug-likeness (QED) is 0.790. The summed E-state index contributed by atoms with van der Waals surface area (Å²) in [6.07, 6.45) is 1.85. The van der Waals surface area contributed by atoms with E-state index in [1.165, 1.54) is 6.33 Å². The number of nitriles is 1. The molecule has 6 nitrogen and oxygen atoms in total. The number of aromatic nitrogens is 3. The molecule has 0 aliphatic carbocycles. The minimum atomic E-state index is -0.992. The van der Waals surface area contributed by atoms with E-state index < -0.39 is 5.41 Å². The Hall–Kier alpha value is -1.90. The Morgan fingerprint density at radius 2 is 2.50 bits per heavy atom. The number of rotatable bonds is 4. The van der Waals surface area contributed by atoms with Gasteiger partial charge in [-0.2, -0.15) is 10.4 Å². The Labute approximate surface area is 94.1 Å². The molecule has 0 aliphatic rings. The van der Waals surface area contributed by atoms with Gasteiger partial charge in [-0.25, -0.2) is 4.98 Å². The predicted molar refractivity (Wildman–Crippen MR) is 57.0 cm³/mol. The van der Waals surface area contributed by atoms with Crippen LogP contribution in [0.4, 0.5) is 0 Å². The van der Waals surface area contributed by atoms with Crippen molar-refractivity contribution in [3.63, 3.8) is 0 Å². The van der Waals surface area contributed by atoms with Crippen LogP contribution in [0.2, 0.25) is 0 Å². The summed E-state index contributed by atoms with van der Waals surface area (Å²) >= 11 is 0. The number of H-pyrrole nitrogens is 1. The Kier molecular flexibility index (Phi) is 3.61. The first-order valence-electron chi connectivity index (χ1n) is 5.11. The monoisotopic (exact) mass is 221 g/mol. The average molecular weight is 221 g/mol. The number of hydrogen-bond acceptors (Lipinski definition) is 4. The molecule has 0 fully saturated rings. The minimum Gasteiger partial charge on any atom is -0.345 e. The maximum Gasteiger partial charge on any atom is 0.240 e. The second kappa shape index (κ2) is 4.75. The lowest BCUT2D eigenvalue weighted by atomic mass is 9.88. The van der Waals surface area contributed by atoms with Crippen LogP contribution in [0.5, 0.6) is 0 Å². The van der Waals surface area contributed by atoms with E-state index >= 15 is 0 Å². The Morgan fingerprint density at radius 1 is 1.81 bits per heavy atom. The van der Waals surface area contributed by atoms with Gasteiger partial charge in [0.1, 0.15) is 17.6 Å². The average Bonchev–Trinajstić information content (AvgIpc) is 2.81. The SMILES string of the molecule is CCC(C)(C#N)C(=O)NC(C)c1ncn[nH]1. The van der Waals surface area contributed by atoms with Gasteiger partial charge in [0.2, 0.25) is 5.91 Å². The van der Waals surface area contributed by atoms with Gasteiger partial charge in [0.25, 0.3) is 0 Å². The topological polar surface area (TPSA) is 94.5 Å². The second-order valence-corrected chi connectivity index (χ2v) is 3.86. The van der Waals surface area contributed by atoms with E-state index in [-0.39, 0.29) is 11.9 Å². The summed E-state index contributed by atoms with van der Waals surface area (Å²) in [5.41, 5.74) is -0.992. The van der Waals surface area contributed by atoms with Crippen LogP contribution in [0.15, 0.2) is 6.33 Å². The highest BCUT2D eigenvalue weighted by Gasteiger charge is 2.32. The molecule has 1 rings (SSSR count). The molecule has 0 radical (unpaired) electrons. The summed E-state index contributed by atoms with van der Waals surface area (Å²) in [5, 5.41) is 18.1.